The van der Waals surface area contributed by atoms with Crippen LogP contribution in [-0.2, 0) is 14.4 Å². The van der Waals surface area contributed by atoms with Crippen molar-refractivity contribution in [2.45, 2.75) is 32.7 Å². The molecule has 1 aliphatic heterocycles. The molecule has 2 heterocycles. The van der Waals surface area contributed by atoms with Crippen LogP contribution in [0.1, 0.15) is 32.4 Å². The van der Waals surface area contributed by atoms with Crippen molar-refractivity contribution in [1.82, 2.24) is 15.5 Å². The lowest BCUT2D eigenvalue weighted by atomic mass is 9.96. The Morgan fingerprint density at radius 1 is 1.28 bits per heavy atom. The second-order valence-corrected chi connectivity index (χ2v) is 6.46. The molecule has 0 atom stereocenters. The maximum atomic E-state index is 12.1. The second kappa shape index (κ2) is 9.05. The first-order chi connectivity index (χ1) is 12.0. The largest absolute Gasteiger partial charge is 0.465 e. The number of hydrogen-bond acceptors (Lipinski definition) is 4. The van der Waals surface area contributed by atoms with Gasteiger partial charge in [0.15, 0.2) is 0 Å². The number of piperidine rings is 1. The van der Waals surface area contributed by atoms with Crippen LogP contribution in [0, 0.1) is 5.92 Å². The van der Waals surface area contributed by atoms with Crippen LogP contribution in [0.4, 0.5) is 0 Å². The van der Waals surface area contributed by atoms with E-state index in [-0.39, 0.29) is 17.9 Å². The van der Waals surface area contributed by atoms with Gasteiger partial charge < -0.3 is 20.0 Å². The Hall–Kier alpha value is -2.57. The van der Waals surface area contributed by atoms with E-state index in [0.29, 0.717) is 25.4 Å². The zero-order chi connectivity index (χ0) is 18.2. The summed E-state index contributed by atoms with van der Waals surface area (Å²) < 4.78 is 5.16. The van der Waals surface area contributed by atoms with Crippen LogP contribution in [0.2, 0.25) is 0 Å². The average Bonchev–Trinajstić information content (AvgIpc) is 3.11. The molecular formula is C18H25N3O4. The summed E-state index contributed by atoms with van der Waals surface area (Å²) >= 11 is 0. The molecule has 0 unspecified atom stereocenters. The lowest BCUT2D eigenvalue weighted by molar-refractivity contribution is -0.139. The van der Waals surface area contributed by atoms with E-state index in [4.69, 9.17) is 4.42 Å². The third-order valence-corrected chi connectivity index (χ3v) is 4.04. The molecule has 1 saturated heterocycles. The van der Waals surface area contributed by atoms with E-state index in [0.717, 1.165) is 12.8 Å². The predicted octanol–water partition coefficient (Wildman–Crippen LogP) is 1.17. The molecule has 0 radical (unpaired) electrons. The van der Waals surface area contributed by atoms with Crippen LogP contribution in [0.25, 0.3) is 6.08 Å². The van der Waals surface area contributed by atoms with Crippen molar-refractivity contribution in [2.75, 3.05) is 19.6 Å². The Kier molecular flexibility index (Phi) is 6.80. The summed E-state index contributed by atoms with van der Waals surface area (Å²) in [6.07, 6.45) is 6.32. The van der Waals surface area contributed by atoms with Gasteiger partial charge in [-0.2, -0.15) is 0 Å². The van der Waals surface area contributed by atoms with Gasteiger partial charge in [-0.05, 0) is 50.8 Å². The first-order valence-corrected chi connectivity index (χ1v) is 8.55. The minimum atomic E-state index is -0.606. The summed E-state index contributed by atoms with van der Waals surface area (Å²) in [5.74, 6) is -0.339. The fraction of sp³-hybridized carbons (Fsp3) is 0.500. The SMILES string of the molecule is CC(C)NC(=O)C(=O)NCC1CCN(C(=O)C=Cc2ccco2)CC1. The van der Waals surface area contributed by atoms with E-state index in [2.05, 4.69) is 10.6 Å². The average molecular weight is 347 g/mol. The van der Waals surface area contributed by atoms with Gasteiger partial charge in [0.1, 0.15) is 5.76 Å². The van der Waals surface area contributed by atoms with E-state index in [1.807, 2.05) is 0 Å². The van der Waals surface area contributed by atoms with Crippen LogP contribution in [0.5, 0.6) is 0 Å². The molecule has 1 fully saturated rings. The summed E-state index contributed by atoms with van der Waals surface area (Å²) in [4.78, 5) is 37.1. The normalized spacial score (nSPS) is 15.6. The smallest absolute Gasteiger partial charge is 0.309 e. The molecule has 0 spiro atoms. The van der Waals surface area contributed by atoms with Gasteiger partial charge in [0, 0.05) is 31.8 Å². The third-order valence-electron chi connectivity index (χ3n) is 4.04. The number of rotatable bonds is 5. The Labute approximate surface area is 147 Å². The second-order valence-electron chi connectivity index (χ2n) is 6.46. The maximum absolute atomic E-state index is 12.1. The van der Waals surface area contributed by atoms with Crippen LogP contribution >= 0.6 is 0 Å². The monoisotopic (exact) mass is 347 g/mol. The summed E-state index contributed by atoms with van der Waals surface area (Å²) in [5, 5.41) is 5.22. The van der Waals surface area contributed by atoms with Crippen LogP contribution in [-0.4, -0.2) is 48.3 Å². The number of furan rings is 1. The minimum absolute atomic E-state index is 0.0461. The van der Waals surface area contributed by atoms with E-state index in [1.54, 1.807) is 43.2 Å². The van der Waals surface area contributed by atoms with E-state index < -0.39 is 11.8 Å². The molecule has 2 rings (SSSR count). The van der Waals surface area contributed by atoms with Crippen LogP contribution in [0.3, 0.4) is 0 Å². The zero-order valence-corrected chi connectivity index (χ0v) is 14.7. The standard InChI is InChI=1S/C18H25N3O4/c1-13(2)20-18(24)17(23)19-12-14-7-9-21(10-8-14)16(22)6-5-15-4-3-11-25-15/h3-6,11,13-14H,7-10,12H2,1-2H3,(H,19,23)(H,20,24). The first-order valence-electron chi connectivity index (χ1n) is 8.55. The van der Waals surface area contributed by atoms with Gasteiger partial charge in [-0.3, -0.25) is 14.4 Å². The Morgan fingerprint density at radius 3 is 2.60 bits per heavy atom. The lowest BCUT2D eigenvalue weighted by Crippen LogP contribution is -2.45. The summed E-state index contributed by atoms with van der Waals surface area (Å²) in [6.45, 7) is 5.34. The van der Waals surface area contributed by atoms with Crippen LogP contribution < -0.4 is 10.6 Å². The third kappa shape index (κ3) is 6.10. The Balaban J connectivity index is 1.70. The van der Waals surface area contributed by atoms with Crippen molar-refractivity contribution in [1.29, 1.82) is 0 Å². The number of carbonyl (C=O) groups excluding carboxylic acids is 3. The highest BCUT2D eigenvalue weighted by molar-refractivity contribution is 6.35. The van der Waals surface area contributed by atoms with E-state index >= 15 is 0 Å². The predicted molar refractivity (Wildman–Crippen MR) is 93.3 cm³/mol. The molecule has 1 aromatic heterocycles. The van der Waals surface area contributed by atoms with Gasteiger partial charge in [-0.15, -0.1) is 0 Å². The fourth-order valence-corrected chi connectivity index (χ4v) is 2.65. The van der Waals surface area contributed by atoms with Crippen molar-refractivity contribution in [3.63, 3.8) is 0 Å². The summed E-state index contributed by atoms with van der Waals surface area (Å²) in [7, 11) is 0. The molecule has 1 aromatic rings. The van der Waals surface area contributed by atoms with Gasteiger partial charge >= 0.3 is 11.8 Å². The highest BCUT2D eigenvalue weighted by Gasteiger charge is 2.23. The molecule has 3 amide bonds. The molecule has 0 bridgehead atoms. The van der Waals surface area contributed by atoms with Gasteiger partial charge in [0.2, 0.25) is 5.91 Å². The molecule has 25 heavy (non-hydrogen) atoms. The van der Waals surface area contributed by atoms with Crippen molar-refractivity contribution in [3.05, 3.63) is 30.2 Å². The maximum Gasteiger partial charge on any atom is 0.309 e. The van der Waals surface area contributed by atoms with Crippen molar-refractivity contribution in [3.8, 4) is 0 Å². The molecular weight excluding hydrogens is 322 g/mol. The number of likely N-dealkylation sites (tertiary alicyclic amines) is 1. The molecule has 0 saturated carbocycles. The van der Waals surface area contributed by atoms with Crippen molar-refractivity contribution in [2.24, 2.45) is 5.92 Å². The van der Waals surface area contributed by atoms with Gasteiger partial charge in [0.05, 0.1) is 6.26 Å². The quantitative estimate of drug-likeness (QED) is 0.618. The molecule has 0 aliphatic carbocycles. The van der Waals surface area contributed by atoms with E-state index in [1.165, 1.54) is 6.08 Å². The number of amides is 3. The van der Waals surface area contributed by atoms with E-state index in [9.17, 15) is 14.4 Å². The molecule has 1 aliphatic rings. The minimum Gasteiger partial charge on any atom is -0.465 e. The molecule has 136 valence electrons. The topological polar surface area (TPSA) is 91.7 Å². The lowest BCUT2D eigenvalue weighted by Gasteiger charge is -2.31. The Morgan fingerprint density at radius 2 is 2.00 bits per heavy atom. The number of nitrogens with one attached hydrogen (secondary N) is 2. The highest BCUT2D eigenvalue weighted by Crippen LogP contribution is 2.17. The van der Waals surface area contributed by atoms with Crippen molar-refractivity contribution < 1.29 is 18.8 Å². The first kappa shape index (κ1) is 18.8. The molecule has 2 N–H and O–H groups in total. The van der Waals surface area contributed by atoms with Gasteiger partial charge in [-0.1, -0.05) is 0 Å². The number of carbonyl (C=O) groups is 3. The number of nitrogens with zero attached hydrogens (tertiary/aromatic N) is 1. The molecule has 7 heteroatoms. The van der Waals surface area contributed by atoms with Crippen LogP contribution in [0.15, 0.2) is 28.9 Å². The Bertz CT molecular complexity index is 614. The molecule has 7 nitrogen and oxygen atoms in total. The number of hydrogen-bond donors (Lipinski definition) is 2. The zero-order valence-electron chi connectivity index (χ0n) is 14.7. The van der Waals surface area contributed by atoms with Crippen molar-refractivity contribution >= 4 is 23.8 Å². The summed E-state index contributed by atoms with van der Waals surface area (Å²) in [5.41, 5.74) is 0. The summed E-state index contributed by atoms with van der Waals surface area (Å²) in [6, 6.07) is 3.49. The van der Waals surface area contributed by atoms with Gasteiger partial charge in [-0.25, -0.2) is 0 Å². The molecule has 0 aromatic carbocycles. The fourth-order valence-electron chi connectivity index (χ4n) is 2.65. The highest BCUT2D eigenvalue weighted by atomic mass is 16.3. The van der Waals surface area contributed by atoms with Gasteiger partial charge in [0.25, 0.3) is 0 Å².